The molecule has 88 valence electrons. The maximum Gasteiger partial charge on any atom is 0.713 e. The van der Waals surface area contributed by atoms with Crippen LogP contribution in [0.4, 0.5) is 0 Å². The van der Waals surface area contributed by atoms with Gasteiger partial charge in [0.15, 0.2) is 0 Å². The summed E-state index contributed by atoms with van der Waals surface area (Å²) >= 11 is 0. The Hall–Kier alpha value is -0.995. The molecule has 0 heterocycles. The third kappa shape index (κ3) is 5.19. The Kier molecular flexibility index (Phi) is 5.36. The van der Waals surface area contributed by atoms with Gasteiger partial charge in [-0.25, -0.2) is 0 Å². The van der Waals surface area contributed by atoms with Crippen molar-refractivity contribution in [1.82, 2.24) is 0 Å². The van der Waals surface area contributed by atoms with E-state index in [9.17, 15) is 0 Å². The van der Waals surface area contributed by atoms with E-state index >= 15 is 0 Å². The summed E-state index contributed by atoms with van der Waals surface area (Å²) in [5, 5.41) is 0. The number of rotatable bonds is 6. The van der Waals surface area contributed by atoms with E-state index in [4.69, 9.17) is 14.0 Å². The molecule has 0 aliphatic carbocycles. The van der Waals surface area contributed by atoms with Crippen molar-refractivity contribution in [2.75, 3.05) is 0 Å². The zero-order valence-electron chi connectivity index (χ0n) is 10.3. The van der Waals surface area contributed by atoms with Gasteiger partial charge in [0.1, 0.15) is 5.75 Å². The SMILES string of the molecule is CC(C)OB(Oc1ccccc1)OC(C)C. The van der Waals surface area contributed by atoms with Gasteiger partial charge in [0.25, 0.3) is 0 Å². The van der Waals surface area contributed by atoms with E-state index < -0.39 is 7.32 Å². The highest BCUT2D eigenvalue weighted by molar-refractivity contribution is 6.37. The van der Waals surface area contributed by atoms with Crippen LogP contribution >= 0.6 is 0 Å². The standard InChI is InChI=1S/C12H19BO3/c1-10(2)14-13(15-11(3)4)16-12-8-6-5-7-9-12/h5-11H,1-4H3. The number of benzene rings is 1. The zero-order chi connectivity index (χ0) is 12.0. The largest absolute Gasteiger partial charge is 0.713 e. The van der Waals surface area contributed by atoms with Crippen molar-refractivity contribution < 1.29 is 14.0 Å². The Balaban J connectivity index is 2.56. The van der Waals surface area contributed by atoms with Crippen molar-refractivity contribution in [3.63, 3.8) is 0 Å². The minimum absolute atomic E-state index is 0.0625. The van der Waals surface area contributed by atoms with E-state index in [-0.39, 0.29) is 12.2 Å². The Morgan fingerprint density at radius 3 is 1.81 bits per heavy atom. The van der Waals surface area contributed by atoms with Crippen LogP contribution in [0.3, 0.4) is 0 Å². The zero-order valence-corrected chi connectivity index (χ0v) is 10.3. The van der Waals surface area contributed by atoms with Gasteiger partial charge >= 0.3 is 7.32 Å². The molecular formula is C12H19BO3. The van der Waals surface area contributed by atoms with Crippen LogP contribution in [0.2, 0.25) is 0 Å². The second kappa shape index (κ2) is 6.56. The van der Waals surface area contributed by atoms with Crippen molar-refractivity contribution in [2.24, 2.45) is 0 Å². The van der Waals surface area contributed by atoms with Crippen molar-refractivity contribution in [3.05, 3.63) is 30.3 Å². The Labute approximate surface area is 97.9 Å². The second-order valence-corrected chi connectivity index (χ2v) is 4.09. The molecule has 0 unspecified atom stereocenters. The molecule has 0 radical (unpaired) electrons. The van der Waals surface area contributed by atoms with Gasteiger partial charge in [0, 0.05) is 12.2 Å². The molecule has 1 aromatic carbocycles. The molecule has 4 heteroatoms. The van der Waals surface area contributed by atoms with Gasteiger partial charge in [-0.15, -0.1) is 0 Å². The average Bonchev–Trinajstić information content (AvgIpc) is 2.16. The molecule has 0 aromatic heterocycles. The molecule has 0 saturated heterocycles. The Morgan fingerprint density at radius 1 is 0.875 bits per heavy atom. The smallest absolute Gasteiger partial charge is 0.512 e. The highest BCUT2D eigenvalue weighted by Crippen LogP contribution is 2.12. The van der Waals surface area contributed by atoms with Crippen LogP contribution in [0, 0.1) is 0 Å². The number of hydrogen-bond donors (Lipinski definition) is 0. The Morgan fingerprint density at radius 2 is 1.38 bits per heavy atom. The summed E-state index contributed by atoms with van der Waals surface area (Å²) in [7, 11) is -0.651. The summed E-state index contributed by atoms with van der Waals surface area (Å²) in [5.41, 5.74) is 0. The van der Waals surface area contributed by atoms with E-state index in [0.29, 0.717) is 0 Å². The molecule has 0 saturated carbocycles. The van der Waals surface area contributed by atoms with Crippen molar-refractivity contribution in [3.8, 4) is 5.75 Å². The molecule has 0 atom stereocenters. The van der Waals surface area contributed by atoms with Crippen LogP contribution in [0.15, 0.2) is 30.3 Å². The fourth-order valence-electron chi connectivity index (χ4n) is 1.14. The third-order valence-corrected chi connectivity index (χ3v) is 1.74. The predicted molar refractivity (Wildman–Crippen MR) is 65.3 cm³/mol. The highest BCUT2D eigenvalue weighted by Gasteiger charge is 2.26. The van der Waals surface area contributed by atoms with E-state index in [1.54, 1.807) is 0 Å². The molecule has 0 spiro atoms. The van der Waals surface area contributed by atoms with E-state index in [0.717, 1.165) is 5.75 Å². The predicted octanol–water partition coefficient (Wildman–Crippen LogP) is 2.90. The van der Waals surface area contributed by atoms with Gasteiger partial charge in [0.05, 0.1) is 0 Å². The summed E-state index contributed by atoms with van der Waals surface area (Å²) in [4.78, 5) is 0. The number of para-hydroxylation sites is 1. The minimum atomic E-state index is -0.651. The highest BCUT2D eigenvalue weighted by atomic mass is 16.7. The molecule has 1 rings (SSSR count). The fraction of sp³-hybridized carbons (Fsp3) is 0.500. The van der Waals surface area contributed by atoms with Crippen molar-refractivity contribution >= 4 is 7.32 Å². The van der Waals surface area contributed by atoms with Gasteiger partial charge < -0.3 is 14.0 Å². The first-order valence-corrected chi connectivity index (χ1v) is 5.60. The minimum Gasteiger partial charge on any atom is -0.512 e. The molecule has 16 heavy (non-hydrogen) atoms. The third-order valence-electron chi connectivity index (χ3n) is 1.74. The molecule has 0 N–H and O–H groups in total. The number of hydrogen-bond acceptors (Lipinski definition) is 3. The van der Waals surface area contributed by atoms with E-state index in [2.05, 4.69) is 0 Å². The summed E-state index contributed by atoms with van der Waals surface area (Å²) in [6, 6.07) is 9.52. The molecule has 1 aromatic rings. The quantitative estimate of drug-likeness (QED) is 0.692. The molecular weight excluding hydrogens is 203 g/mol. The van der Waals surface area contributed by atoms with E-state index in [1.165, 1.54) is 0 Å². The van der Waals surface area contributed by atoms with Gasteiger partial charge in [-0.05, 0) is 39.8 Å². The molecule has 3 nitrogen and oxygen atoms in total. The van der Waals surface area contributed by atoms with Crippen LogP contribution < -0.4 is 4.65 Å². The molecule has 0 aliphatic rings. The van der Waals surface area contributed by atoms with E-state index in [1.807, 2.05) is 58.0 Å². The molecule has 0 amide bonds. The van der Waals surface area contributed by atoms with Gasteiger partial charge in [-0.3, -0.25) is 0 Å². The van der Waals surface area contributed by atoms with Crippen LogP contribution in [0.5, 0.6) is 5.75 Å². The molecule has 0 aliphatic heterocycles. The van der Waals surface area contributed by atoms with Crippen LogP contribution in [-0.2, 0) is 9.31 Å². The first-order valence-electron chi connectivity index (χ1n) is 5.60. The first-order chi connectivity index (χ1) is 7.58. The van der Waals surface area contributed by atoms with Crippen molar-refractivity contribution in [2.45, 2.75) is 39.9 Å². The Bertz CT molecular complexity index is 278. The second-order valence-electron chi connectivity index (χ2n) is 4.09. The monoisotopic (exact) mass is 222 g/mol. The normalized spacial score (nSPS) is 10.9. The van der Waals surface area contributed by atoms with Crippen molar-refractivity contribution in [1.29, 1.82) is 0 Å². The maximum atomic E-state index is 5.59. The fourth-order valence-corrected chi connectivity index (χ4v) is 1.14. The molecule has 0 bridgehead atoms. The summed E-state index contributed by atoms with van der Waals surface area (Å²) in [5.74, 6) is 0.744. The van der Waals surface area contributed by atoms with Gasteiger partial charge in [0.2, 0.25) is 0 Å². The lowest BCUT2D eigenvalue weighted by molar-refractivity contribution is 0.0849. The average molecular weight is 222 g/mol. The summed E-state index contributed by atoms with van der Waals surface area (Å²) < 4.78 is 16.6. The maximum absolute atomic E-state index is 5.59. The van der Waals surface area contributed by atoms with Gasteiger partial charge in [-0.1, -0.05) is 18.2 Å². The summed E-state index contributed by atoms with van der Waals surface area (Å²) in [6.45, 7) is 7.80. The topological polar surface area (TPSA) is 27.7 Å². The first kappa shape index (κ1) is 13.1. The van der Waals surface area contributed by atoms with Crippen LogP contribution in [0.25, 0.3) is 0 Å². The summed E-state index contributed by atoms with van der Waals surface area (Å²) in [6.07, 6.45) is 0.125. The van der Waals surface area contributed by atoms with Gasteiger partial charge in [-0.2, -0.15) is 0 Å². The van der Waals surface area contributed by atoms with Crippen LogP contribution in [0.1, 0.15) is 27.7 Å². The lowest BCUT2D eigenvalue weighted by Gasteiger charge is -2.19. The molecule has 0 fully saturated rings. The lowest BCUT2D eigenvalue weighted by Crippen LogP contribution is -2.35. The van der Waals surface area contributed by atoms with Crippen LogP contribution in [-0.4, -0.2) is 19.5 Å². The lowest BCUT2D eigenvalue weighted by atomic mass is 10.2.